The maximum atomic E-state index is 5.97. The topological polar surface area (TPSA) is 77.8 Å². The maximum Gasteiger partial charge on any atom is 0.228 e. The van der Waals surface area contributed by atoms with Gasteiger partial charge in [-0.05, 0) is 27.9 Å². The highest BCUT2D eigenvalue weighted by molar-refractivity contribution is 9.10. The second-order valence-corrected chi connectivity index (χ2v) is 5.43. The quantitative estimate of drug-likeness (QED) is 0.938. The fourth-order valence-corrected chi connectivity index (χ4v) is 1.79. The molecule has 2 heterocycles. The molecule has 5 nitrogen and oxygen atoms in total. The van der Waals surface area contributed by atoms with Gasteiger partial charge in [-0.15, -0.1) is 0 Å². The van der Waals surface area contributed by atoms with E-state index in [0.717, 1.165) is 10.0 Å². The lowest BCUT2D eigenvalue weighted by atomic mass is 10.0. The Labute approximate surface area is 114 Å². The number of hydrogen-bond acceptors (Lipinski definition) is 5. The van der Waals surface area contributed by atoms with E-state index in [-0.39, 0.29) is 6.04 Å². The van der Waals surface area contributed by atoms with Crippen molar-refractivity contribution in [2.45, 2.75) is 26.3 Å². The van der Waals surface area contributed by atoms with Crippen LogP contribution in [0.5, 0.6) is 0 Å². The van der Waals surface area contributed by atoms with Gasteiger partial charge in [-0.3, -0.25) is 4.98 Å². The molecule has 0 spiro atoms. The third kappa shape index (κ3) is 3.14. The zero-order valence-electron chi connectivity index (χ0n) is 10.3. The number of aromatic nitrogens is 3. The monoisotopic (exact) mass is 310 g/mol. The molecule has 6 heteroatoms. The van der Waals surface area contributed by atoms with E-state index in [9.17, 15) is 0 Å². The third-order valence-corrected chi connectivity index (χ3v) is 3.13. The van der Waals surface area contributed by atoms with Crippen molar-refractivity contribution in [1.29, 1.82) is 0 Å². The van der Waals surface area contributed by atoms with Crippen molar-refractivity contribution < 1.29 is 4.52 Å². The van der Waals surface area contributed by atoms with Gasteiger partial charge >= 0.3 is 0 Å². The molecule has 2 rings (SSSR count). The highest BCUT2D eigenvalue weighted by atomic mass is 79.9. The first kappa shape index (κ1) is 13.2. The van der Waals surface area contributed by atoms with Crippen LogP contribution in [0, 0.1) is 5.92 Å². The first-order chi connectivity index (χ1) is 8.56. The summed E-state index contributed by atoms with van der Waals surface area (Å²) in [5.74, 6) is 1.48. The summed E-state index contributed by atoms with van der Waals surface area (Å²) in [6.07, 6.45) is 3.99. The van der Waals surface area contributed by atoms with Gasteiger partial charge in [0.05, 0.1) is 0 Å². The van der Waals surface area contributed by atoms with Crippen molar-refractivity contribution in [3.63, 3.8) is 0 Å². The fraction of sp³-hybridized carbons (Fsp3) is 0.417. The Morgan fingerprint density at radius 2 is 2.17 bits per heavy atom. The van der Waals surface area contributed by atoms with Crippen molar-refractivity contribution in [3.8, 4) is 11.4 Å². The molecule has 1 atom stereocenters. The molecule has 0 saturated heterocycles. The molecule has 2 N–H and O–H groups in total. The predicted octanol–water partition coefficient (Wildman–Crippen LogP) is 2.42. The molecule has 0 aliphatic rings. The van der Waals surface area contributed by atoms with Crippen LogP contribution in [0.25, 0.3) is 11.4 Å². The first-order valence-corrected chi connectivity index (χ1v) is 6.54. The third-order valence-electron chi connectivity index (χ3n) is 2.70. The van der Waals surface area contributed by atoms with Gasteiger partial charge in [0.25, 0.3) is 0 Å². The molecule has 0 amide bonds. The molecule has 2 aromatic rings. The average Bonchev–Trinajstić information content (AvgIpc) is 2.77. The number of hydrogen-bond donors (Lipinski definition) is 1. The number of pyridine rings is 1. The summed E-state index contributed by atoms with van der Waals surface area (Å²) in [4.78, 5) is 8.39. The Kier molecular flexibility index (Phi) is 4.08. The van der Waals surface area contributed by atoms with E-state index in [1.807, 2.05) is 6.07 Å². The normalized spacial score (nSPS) is 12.9. The highest BCUT2D eigenvalue weighted by Gasteiger charge is 2.15. The predicted molar refractivity (Wildman–Crippen MR) is 71.7 cm³/mol. The zero-order valence-corrected chi connectivity index (χ0v) is 11.9. The van der Waals surface area contributed by atoms with E-state index in [1.54, 1.807) is 12.4 Å². The maximum absolute atomic E-state index is 5.97. The summed E-state index contributed by atoms with van der Waals surface area (Å²) in [6, 6.07) is 1.92. The molecule has 0 saturated carbocycles. The van der Waals surface area contributed by atoms with E-state index in [4.69, 9.17) is 10.3 Å². The molecule has 0 aromatic carbocycles. The smallest absolute Gasteiger partial charge is 0.228 e. The lowest BCUT2D eigenvalue weighted by Gasteiger charge is -2.11. The van der Waals surface area contributed by atoms with E-state index < -0.39 is 0 Å². The molecule has 96 valence electrons. The van der Waals surface area contributed by atoms with Gasteiger partial charge in [0.1, 0.15) is 0 Å². The largest absolute Gasteiger partial charge is 0.339 e. The van der Waals surface area contributed by atoms with Crippen LogP contribution in [0.1, 0.15) is 19.7 Å². The van der Waals surface area contributed by atoms with Gasteiger partial charge in [0, 0.05) is 34.9 Å². The Morgan fingerprint density at radius 3 is 2.83 bits per heavy atom. The van der Waals surface area contributed by atoms with Crippen molar-refractivity contribution >= 4 is 15.9 Å². The van der Waals surface area contributed by atoms with Crippen molar-refractivity contribution in [1.82, 2.24) is 15.1 Å². The van der Waals surface area contributed by atoms with Gasteiger partial charge < -0.3 is 10.3 Å². The molecule has 0 bridgehead atoms. The lowest BCUT2D eigenvalue weighted by Crippen LogP contribution is -2.28. The molecular weight excluding hydrogens is 296 g/mol. The minimum absolute atomic E-state index is 0.0268. The lowest BCUT2D eigenvalue weighted by molar-refractivity contribution is 0.353. The van der Waals surface area contributed by atoms with E-state index in [2.05, 4.69) is 44.9 Å². The van der Waals surface area contributed by atoms with Crippen LogP contribution in [0.3, 0.4) is 0 Å². The van der Waals surface area contributed by atoms with Gasteiger partial charge in [-0.1, -0.05) is 19.0 Å². The molecule has 0 radical (unpaired) electrons. The molecule has 18 heavy (non-hydrogen) atoms. The van der Waals surface area contributed by atoms with Crippen LogP contribution in [-0.2, 0) is 6.42 Å². The minimum Gasteiger partial charge on any atom is -0.339 e. The number of halogens is 1. The van der Waals surface area contributed by atoms with Crippen LogP contribution in [-0.4, -0.2) is 21.2 Å². The molecule has 0 aliphatic heterocycles. The summed E-state index contributed by atoms with van der Waals surface area (Å²) in [5, 5.41) is 3.94. The molecular formula is C12H15BrN4O. The summed E-state index contributed by atoms with van der Waals surface area (Å²) in [5.41, 5.74) is 6.79. The molecule has 2 aromatic heterocycles. The standard InChI is InChI=1S/C12H15BrN4O/c1-7(2)10(14)4-11-16-12(17-18-11)8-3-9(13)6-15-5-8/h3,5-7,10H,4,14H2,1-2H3. The Balaban J connectivity index is 2.15. The van der Waals surface area contributed by atoms with Gasteiger partial charge in [-0.2, -0.15) is 4.98 Å². The minimum atomic E-state index is 0.0268. The average molecular weight is 311 g/mol. The fourth-order valence-electron chi connectivity index (χ4n) is 1.43. The van der Waals surface area contributed by atoms with Crippen LogP contribution in [0.4, 0.5) is 0 Å². The second kappa shape index (κ2) is 5.58. The van der Waals surface area contributed by atoms with Gasteiger partial charge in [-0.25, -0.2) is 0 Å². The number of nitrogens with zero attached hydrogens (tertiary/aromatic N) is 3. The Hall–Kier alpha value is -1.27. The summed E-state index contributed by atoms with van der Waals surface area (Å²) in [6.45, 7) is 4.14. The van der Waals surface area contributed by atoms with E-state index in [1.165, 1.54) is 0 Å². The highest BCUT2D eigenvalue weighted by Crippen LogP contribution is 2.19. The molecule has 1 unspecified atom stereocenters. The Morgan fingerprint density at radius 1 is 1.39 bits per heavy atom. The van der Waals surface area contributed by atoms with Crippen molar-refractivity contribution in [2.75, 3.05) is 0 Å². The van der Waals surface area contributed by atoms with E-state index in [0.29, 0.717) is 24.1 Å². The number of rotatable bonds is 4. The second-order valence-electron chi connectivity index (χ2n) is 4.52. The molecule has 0 aliphatic carbocycles. The van der Waals surface area contributed by atoms with Gasteiger partial charge in [0.2, 0.25) is 11.7 Å². The van der Waals surface area contributed by atoms with Crippen LogP contribution in [0.15, 0.2) is 27.5 Å². The van der Waals surface area contributed by atoms with E-state index >= 15 is 0 Å². The number of nitrogens with two attached hydrogens (primary N) is 1. The van der Waals surface area contributed by atoms with Crippen LogP contribution in [0.2, 0.25) is 0 Å². The van der Waals surface area contributed by atoms with Crippen LogP contribution >= 0.6 is 15.9 Å². The summed E-state index contributed by atoms with van der Waals surface area (Å²) in [7, 11) is 0. The molecule has 0 fully saturated rings. The van der Waals surface area contributed by atoms with Gasteiger partial charge in [0.15, 0.2) is 0 Å². The zero-order chi connectivity index (χ0) is 13.1. The SMILES string of the molecule is CC(C)C(N)Cc1nc(-c2cncc(Br)c2)no1. The Bertz CT molecular complexity index is 526. The van der Waals surface area contributed by atoms with Crippen LogP contribution < -0.4 is 5.73 Å². The summed E-state index contributed by atoms with van der Waals surface area (Å²) >= 11 is 3.36. The van der Waals surface area contributed by atoms with Crippen molar-refractivity contribution in [2.24, 2.45) is 11.7 Å². The summed E-state index contributed by atoms with van der Waals surface area (Å²) < 4.78 is 6.08. The first-order valence-electron chi connectivity index (χ1n) is 5.75. The van der Waals surface area contributed by atoms with Crippen molar-refractivity contribution in [3.05, 3.63) is 28.8 Å².